The zero-order valence-corrected chi connectivity index (χ0v) is 14.9. The van der Waals surface area contributed by atoms with Crippen molar-refractivity contribution in [2.24, 2.45) is 0 Å². The van der Waals surface area contributed by atoms with E-state index in [2.05, 4.69) is 0 Å². The van der Waals surface area contributed by atoms with Crippen molar-refractivity contribution in [1.29, 1.82) is 0 Å². The van der Waals surface area contributed by atoms with E-state index in [1.54, 1.807) is 6.92 Å². The van der Waals surface area contributed by atoms with Gasteiger partial charge in [-0.25, -0.2) is 9.59 Å². The van der Waals surface area contributed by atoms with Crippen molar-refractivity contribution in [1.82, 2.24) is 10.6 Å². The predicted molar refractivity (Wildman–Crippen MR) is 96.4 cm³/mol. The lowest BCUT2D eigenvalue weighted by Gasteiger charge is -2.13. The summed E-state index contributed by atoms with van der Waals surface area (Å²) < 4.78 is 10.3. The number of benzene rings is 1. The largest absolute Gasteiger partial charge is 0.462 e. The van der Waals surface area contributed by atoms with Crippen LogP contribution in [0.25, 0.3) is 17.4 Å². The van der Waals surface area contributed by atoms with Gasteiger partial charge in [-0.3, -0.25) is 30.3 Å². The Morgan fingerprint density at radius 3 is 2.48 bits per heavy atom. The minimum atomic E-state index is -0.936. The van der Waals surface area contributed by atoms with E-state index in [1.807, 2.05) is 10.6 Å². The molecule has 1 aromatic carbocycles. The molecule has 4 amide bonds. The number of imide groups is 2. The summed E-state index contributed by atoms with van der Waals surface area (Å²) in [5.74, 6) is -2.37. The monoisotopic (exact) mass is 399 g/mol. The highest BCUT2D eigenvalue weighted by molar-refractivity contribution is 6.31. The lowest BCUT2D eigenvalue weighted by atomic mass is 10.1. The zero-order valence-electron chi connectivity index (χ0n) is 14.9. The van der Waals surface area contributed by atoms with Gasteiger partial charge in [0, 0.05) is 6.07 Å². The van der Waals surface area contributed by atoms with Gasteiger partial charge in [0.05, 0.1) is 22.7 Å². The number of esters is 1. The van der Waals surface area contributed by atoms with Crippen LogP contribution in [0.1, 0.15) is 23.0 Å². The molecule has 1 fully saturated rings. The number of hydrogen-bond donors (Lipinski definition) is 2. The summed E-state index contributed by atoms with van der Waals surface area (Å²) in [5, 5.41) is 15.3. The maximum Gasteiger partial charge on any atom is 0.338 e. The first-order chi connectivity index (χ1) is 13.8. The number of nitrogens with one attached hydrogen (secondary N) is 2. The molecule has 0 spiro atoms. The molecule has 2 N–H and O–H groups in total. The van der Waals surface area contributed by atoms with E-state index in [1.165, 1.54) is 24.3 Å². The number of carbonyl (C=O) groups excluding carboxylic acids is 4. The second kappa shape index (κ2) is 7.76. The van der Waals surface area contributed by atoms with Gasteiger partial charge in [0.15, 0.2) is 0 Å². The van der Waals surface area contributed by atoms with Gasteiger partial charge < -0.3 is 9.15 Å². The van der Waals surface area contributed by atoms with Crippen LogP contribution < -0.4 is 10.6 Å². The highest BCUT2D eigenvalue weighted by Crippen LogP contribution is 2.33. The third kappa shape index (κ3) is 4.03. The number of barbiturate groups is 1. The van der Waals surface area contributed by atoms with Crippen molar-refractivity contribution in [3.05, 3.63) is 57.3 Å². The Labute approximate surface area is 162 Å². The summed E-state index contributed by atoms with van der Waals surface area (Å²) >= 11 is 0. The Morgan fingerprint density at radius 2 is 1.86 bits per heavy atom. The molecule has 29 heavy (non-hydrogen) atoms. The molecular weight excluding hydrogens is 386 g/mol. The number of rotatable bonds is 5. The first-order valence-electron chi connectivity index (χ1n) is 8.24. The summed E-state index contributed by atoms with van der Waals surface area (Å²) in [5.41, 5.74) is -0.655. The third-order valence-corrected chi connectivity index (χ3v) is 3.83. The molecule has 11 heteroatoms. The van der Waals surface area contributed by atoms with E-state index < -0.39 is 28.7 Å². The molecule has 1 aliphatic heterocycles. The Morgan fingerprint density at radius 1 is 1.17 bits per heavy atom. The topological polar surface area (TPSA) is 158 Å². The Bertz CT molecular complexity index is 1060. The fourth-order valence-corrected chi connectivity index (χ4v) is 2.56. The van der Waals surface area contributed by atoms with Gasteiger partial charge in [0.25, 0.3) is 17.5 Å². The minimum Gasteiger partial charge on any atom is -0.462 e. The number of hydrogen-bond acceptors (Lipinski definition) is 8. The lowest BCUT2D eigenvalue weighted by molar-refractivity contribution is -0.384. The van der Waals surface area contributed by atoms with Gasteiger partial charge in [0.2, 0.25) is 0 Å². The quantitative estimate of drug-likeness (QED) is 0.253. The van der Waals surface area contributed by atoms with Crippen LogP contribution in [0.2, 0.25) is 0 Å². The van der Waals surface area contributed by atoms with Crippen molar-refractivity contribution in [2.75, 3.05) is 6.61 Å². The number of nitrogens with zero attached hydrogens (tertiary/aromatic N) is 1. The van der Waals surface area contributed by atoms with Crippen LogP contribution in [0, 0.1) is 10.1 Å². The standard InChI is InChI=1S/C18H13N3O8/c1-2-28-17(24)9-3-5-11(13(7-9)21(26)27)14-6-4-10(29-14)8-12-15(22)19-18(25)20-16(12)23/h3-8H,2H2,1H3,(H2,19,20,22,23,25). The molecule has 11 nitrogen and oxygen atoms in total. The van der Waals surface area contributed by atoms with Crippen molar-refractivity contribution < 1.29 is 33.3 Å². The molecule has 1 saturated heterocycles. The van der Waals surface area contributed by atoms with Crippen molar-refractivity contribution in [2.45, 2.75) is 6.92 Å². The molecule has 0 saturated carbocycles. The lowest BCUT2D eigenvalue weighted by Crippen LogP contribution is -2.51. The smallest absolute Gasteiger partial charge is 0.338 e. The SMILES string of the molecule is CCOC(=O)c1ccc(-c2ccc(C=C3C(=O)NC(=O)NC3=O)o2)c([N+](=O)[O-])c1. The molecule has 148 valence electrons. The van der Waals surface area contributed by atoms with E-state index in [0.29, 0.717) is 0 Å². The number of nitro groups is 1. The Balaban J connectivity index is 1.96. The molecule has 1 aliphatic rings. The summed E-state index contributed by atoms with van der Waals surface area (Å²) in [6.07, 6.45) is 1.10. The second-order valence-corrected chi connectivity index (χ2v) is 5.71. The van der Waals surface area contributed by atoms with Gasteiger partial charge in [-0.2, -0.15) is 0 Å². The minimum absolute atomic E-state index is 0.0106. The summed E-state index contributed by atoms with van der Waals surface area (Å²) in [6.45, 7) is 1.74. The highest BCUT2D eigenvalue weighted by Gasteiger charge is 2.28. The second-order valence-electron chi connectivity index (χ2n) is 5.71. The summed E-state index contributed by atoms with van der Waals surface area (Å²) in [4.78, 5) is 57.2. The number of ether oxygens (including phenoxy) is 1. The number of amides is 4. The summed E-state index contributed by atoms with van der Waals surface area (Å²) in [7, 11) is 0. The van der Waals surface area contributed by atoms with Gasteiger partial charge in [0.1, 0.15) is 17.1 Å². The highest BCUT2D eigenvalue weighted by atomic mass is 16.6. The van der Waals surface area contributed by atoms with Crippen molar-refractivity contribution in [3.63, 3.8) is 0 Å². The molecule has 3 rings (SSSR count). The molecule has 0 unspecified atom stereocenters. The first kappa shape index (κ1) is 19.5. The molecule has 0 radical (unpaired) electrons. The van der Waals surface area contributed by atoms with E-state index in [-0.39, 0.29) is 40.5 Å². The molecule has 2 heterocycles. The molecule has 0 bridgehead atoms. The molecular formula is C18H13N3O8. The molecule has 1 aromatic heterocycles. The van der Waals surface area contributed by atoms with Crippen LogP contribution in [-0.4, -0.2) is 35.3 Å². The van der Waals surface area contributed by atoms with Crippen LogP contribution in [0.4, 0.5) is 10.5 Å². The van der Waals surface area contributed by atoms with Crippen LogP contribution in [0.5, 0.6) is 0 Å². The van der Waals surface area contributed by atoms with Crippen LogP contribution in [0.15, 0.2) is 40.3 Å². The predicted octanol–water partition coefficient (Wildman–Crippen LogP) is 1.78. The summed E-state index contributed by atoms with van der Waals surface area (Å²) in [6, 6.07) is 5.62. The van der Waals surface area contributed by atoms with Gasteiger partial charge in [-0.05, 0) is 37.3 Å². The van der Waals surface area contributed by atoms with E-state index in [0.717, 1.165) is 12.1 Å². The van der Waals surface area contributed by atoms with E-state index in [9.17, 15) is 29.3 Å². The fourth-order valence-electron chi connectivity index (χ4n) is 2.56. The average molecular weight is 399 g/mol. The normalized spacial score (nSPS) is 13.6. The molecule has 2 aromatic rings. The third-order valence-electron chi connectivity index (χ3n) is 3.83. The first-order valence-corrected chi connectivity index (χ1v) is 8.24. The van der Waals surface area contributed by atoms with Crippen LogP contribution in [0.3, 0.4) is 0 Å². The van der Waals surface area contributed by atoms with Gasteiger partial charge >= 0.3 is 12.0 Å². The average Bonchev–Trinajstić information content (AvgIpc) is 3.13. The molecule has 0 aliphatic carbocycles. The number of urea groups is 1. The Kier molecular flexibility index (Phi) is 5.21. The Hall–Kier alpha value is -4.28. The van der Waals surface area contributed by atoms with Crippen molar-refractivity contribution in [3.8, 4) is 11.3 Å². The van der Waals surface area contributed by atoms with Crippen LogP contribution >= 0.6 is 0 Å². The van der Waals surface area contributed by atoms with Crippen molar-refractivity contribution >= 4 is 35.6 Å². The fraction of sp³-hybridized carbons (Fsp3) is 0.111. The maximum absolute atomic E-state index is 11.8. The number of nitro benzene ring substituents is 1. The van der Waals surface area contributed by atoms with Gasteiger partial charge in [-0.15, -0.1) is 0 Å². The number of furan rings is 1. The zero-order chi connectivity index (χ0) is 21.1. The van der Waals surface area contributed by atoms with E-state index >= 15 is 0 Å². The van der Waals surface area contributed by atoms with Crippen LogP contribution in [-0.2, 0) is 14.3 Å². The number of carbonyl (C=O) groups is 4. The maximum atomic E-state index is 11.8. The van der Waals surface area contributed by atoms with Gasteiger partial charge in [-0.1, -0.05) is 0 Å². The molecule has 0 atom stereocenters. The van der Waals surface area contributed by atoms with E-state index in [4.69, 9.17) is 9.15 Å².